The van der Waals surface area contributed by atoms with Crippen molar-refractivity contribution in [1.82, 2.24) is 0 Å². The second kappa shape index (κ2) is 9.74. The number of rotatable bonds is 2. The molecule has 0 aromatic heterocycles. The number of hydrogen-bond donors (Lipinski definition) is 0. The van der Waals surface area contributed by atoms with Gasteiger partial charge in [-0.05, 0) is 26.7 Å². The van der Waals surface area contributed by atoms with Crippen LogP contribution >= 0.6 is 0 Å². The molecule has 0 radical (unpaired) electrons. The predicted octanol–water partition coefficient (Wildman–Crippen LogP) is 4.56. The van der Waals surface area contributed by atoms with Crippen LogP contribution in [0.1, 0.15) is 60.8 Å². The molecule has 0 N–H and O–H groups in total. The van der Waals surface area contributed by atoms with E-state index in [0.717, 1.165) is 0 Å². The van der Waals surface area contributed by atoms with E-state index in [1.807, 2.05) is 0 Å². The van der Waals surface area contributed by atoms with Crippen LogP contribution in [-0.2, 0) is 0 Å². The second-order valence-corrected chi connectivity index (χ2v) is 2.97. The zero-order valence-electron chi connectivity index (χ0n) is 9.12. The molecule has 0 nitrogen and oxygen atoms in total. The topological polar surface area (TPSA) is 0 Å². The van der Waals surface area contributed by atoms with Crippen molar-refractivity contribution in [2.24, 2.45) is 0 Å². The summed E-state index contributed by atoms with van der Waals surface area (Å²) in [6.45, 7) is 13.1. The Morgan fingerprint density at radius 1 is 0.727 bits per heavy atom. The van der Waals surface area contributed by atoms with Gasteiger partial charge in [-0.2, -0.15) is 0 Å². The third-order valence-corrected chi connectivity index (χ3v) is 1.79. The lowest BCUT2D eigenvalue weighted by molar-refractivity contribution is 0.985. The van der Waals surface area contributed by atoms with Crippen LogP contribution in [-0.4, -0.2) is 0 Å². The second-order valence-electron chi connectivity index (χ2n) is 2.97. The van der Waals surface area contributed by atoms with Crippen LogP contribution in [0.4, 0.5) is 0 Å². The molecule has 0 saturated carbocycles. The molecule has 0 unspecified atom stereocenters. The fourth-order valence-corrected chi connectivity index (χ4v) is 0.604. The van der Waals surface area contributed by atoms with Crippen molar-refractivity contribution in [2.45, 2.75) is 60.8 Å². The maximum absolute atomic E-state index is 2.21. The Hall–Kier alpha value is -0.260. The van der Waals surface area contributed by atoms with E-state index in [4.69, 9.17) is 0 Å². The van der Waals surface area contributed by atoms with Gasteiger partial charge in [0, 0.05) is 0 Å². The maximum atomic E-state index is 2.21. The van der Waals surface area contributed by atoms with Crippen molar-refractivity contribution in [3.05, 3.63) is 11.1 Å². The summed E-state index contributed by atoms with van der Waals surface area (Å²) >= 11 is 0. The van der Waals surface area contributed by atoms with E-state index in [1.165, 1.54) is 19.3 Å². The average Bonchev–Trinajstić information content (AvgIpc) is 2.03. The van der Waals surface area contributed by atoms with Crippen LogP contribution < -0.4 is 0 Å². The highest BCUT2D eigenvalue weighted by Gasteiger charge is 1.88. The van der Waals surface area contributed by atoms with Gasteiger partial charge >= 0.3 is 0 Å². The van der Waals surface area contributed by atoms with Gasteiger partial charge in [0.1, 0.15) is 0 Å². The van der Waals surface area contributed by atoms with E-state index in [1.54, 1.807) is 11.1 Å². The molecular formula is C11H24. The summed E-state index contributed by atoms with van der Waals surface area (Å²) in [5.74, 6) is 0. The molecule has 0 aromatic rings. The van der Waals surface area contributed by atoms with Gasteiger partial charge in [0.2, 0.25) is 0 Å². The fourth-order valence-electron chi connectivity index (χ4n) is 0.604. The van der Waals surface area contributed by atoms with Crippen molar-refractivity contribution in [2.75, 3.05) is 0 Å². The molecule has 0 aliphatic carbocycles. The van der Waals surface area contributed by atoms with E-state index in [-0.39, 0.29) is 0 Å². The summed E-state index contributed by atoms with van der Waals surface area (Å²) in [7, 11) is 0. The lowest BCUT2D eigenvalue weighted by Gasteiger charge is -1.99. The Labute approximate surface area is 72.7 Å². The normalized spacial score (nSPS) is 11.5. The first kappa shape index (κ1) is 13.3. The van der Waals surface area contributed by atoms with Gasteiger partial charge in [-0.25, -0.2) is 0 Å². The van der Waals surface area contributed by atoms with Gasteiger partial charge in [0.25, 0.3) is 0 Å². The molecule has 0 aliphatic heterocycles. The molecule has 11 heavy (non-hydrogen) atoms. The Morgan fingerprint density at radius 2 is 0.909 bits per heavy atom. The molecule has 0 heteroatoms. The van der Waals surface area contributed by atoms with Gasteiger partial charge in [0.15, 0.2) is 0 Å². The quantitative estimate of drug-likeness (QED) is 0.514. The largest absolute Gasteiger partial charge is 0.0747 e. The van der Waals surface area contributed by atoms with Gasteiger partial charge in [-0.1, -0.05) is 45.3 Å². The van der Waals surface area contributed by atoms with Crippen LogP contribution in [0.3, 0.4) is 0 Å². The fraction of sp³-hybridized carbons (Fsp3) is 0.818. The summed E-state index contributed by atoms with van der Waals surface area (Å²) < 4.78 is 0. The Balaban J connectivity index is 0. The Morgan fingerprint density at radius 3 is 1.00 bits per heavy atom. The zero-order valence-corrected chi connectivity index (χ0v) is 9.12. The van der Waals surface area contributed by atoms with Crippen LogP contribution in [0.25, 0.3) is 0 Å². The van der Waals surface area contributed by atoms with Gasteiger partial charge in [0.05, 0.1) is 0 Å². The summed E-state index contributed by atoms with van der Waals surface area (Å²) in [6.07, 6.45) is 3.67. The SMILES string of the molecule is CCC.CCC(C)=C(C)CC. The smallest absolute Gasteiger partial charge is 0.0349 e. The molecule has 0 aromatic carbocycles. The highest BCUT2D eigenvalue weighted by atomic mass is 13.9. The minimum Gasteiger partial charge on any atom is -0.0747 e. The minimum absolute atomic E-state index is 1.21. The molecule has 0 spiro atoms. The molecule has 0 atom stereocenters. The van der Waals surface area contributed by atoms with Crippen molar-refractivity contribution in [1.29, 1.82) is 0 Å². The van der Waals surface area contributed by atoms with Crippen LogP contribution in [0.15, 0.2) is 11.1 Å². The van der Waals surface area contributed by atoms with Crippen molar-refractivity contribution >= 4 is 0 Å². The lowest BCUT2D eigenvalue weighted by Crippen LogP contribution is -1.78. The zero-order chi connectivity index (χ0) is 9.28. The van der Waals surface area contributed by atoms with Crippen LogP contribution in [0.5, 0.6) is 0 Å². The maximum Gasteiger partial charge on any atom is -0.0349 e. The highest BCUT2D eigenvalue weighted by molar-refractivity contribution is 5.07. The van der Waals surface area contributed by atoms with E-state index in [9.17, 15) is 0 Å². The first-order valence-corrected chi connectivity index (χ1v) is 4.79. The van der Waals surface area contributed by atoms with Crippen LogP contribution in [0.2, 0.25) is 0 Å². The summed E-state index contributed by atoms with van der Waals surface area (Å²) in [5.41, 5.74) is 3.10. The molecule has 0 amide bonds. The third-order valence-electron chi connectivity index (χ3n) is 1.79. The molecule has 0 fully saturated rings. The number of allylic oxidation sites excluding steroid dienone is 2. The molecule has 0 heterocycles. The molecule has 0 bridgehead atoms. The highest BCUT2D eigenvalue weighted by Crippen LogP contribution is 2.09. The van der Waals surface area contributed by atoms with Crippen LogP contribution in [0, 0.1) is 0 Å². The first-order valence-electron chi connectivity index (χ1n) is 4.79. The van der Waals surface area contributed by atoms with E-state index in [2.05, 4.69) is 41.5 Å². The molecule has 68 valence electrons. The monoisotopic (exact) mass is 156 g/mol. The molecule has 0 rings (SSSR count). The van der Waals surface area contributed by atoms with E-state index >= 15 is 0 Å². The molecule has 0 saturated heterocycles. The van der Waals surface area contributed by atoms with Gasteiger partial charge in [-0.15, -0.1) is 0 Å². The standard InChI is InChI=1S/C8H16.C3H8/c1-5-7(3)8(4)6-2;1-3-2/h5-6H2,1-4H3;3H2,1-2H3. The predicted molar refractivity (Wildman–Crippen MR) is 54.9 cm³/mol. The number of hydrogen-bond acceptors (Lipinski definition) is 0. The van der Waals surface area contributed by atoms with E-state index < -0.39 is 0 Å². The first-order chi connectivity index (χ1) is 5.13. The van der Waals surface area contributed by atoms with Gasteiger partial charge in [-0.3, -0.25) is 0 Å². The van der Waals surface area contributed by atoms with E-state index in [0.29, 0.717) is 0 Å². The molecular weight excluding hydrogens is 132 g/mol. The van der Waals surface area contributed by atoms with Crippen molar-refractivity contribution < 1.29 is 0 Å². The van der Waals surface area contributed by atoms with Crippen molar-refractivity contribution in [3.8, 4) is 0 Å². The van der Waals surface area contributed by atoms with Gasteiger partial charge < -0.3 is 0 Å². The average molecular weight is 156 g/mol. The summed E-state index contributed by atoms with van der Waals surface area (Å²) in [4.78, 5) is 0. The lowest BCUT2D eigenvalue weighted by atomic mass is 10.1. The Bertz CT molecular complexity index is 86.6. The Kier molecular flexibility index (Phi) is 11.8. The minimum atomic E-state index is 1.21. The molecule has 0 aliphatic rings. The third kappa shape index (κ3) is 9.74. The summed E-state index contributed by atoms with van der Waals surface area (Å²) in [6, 6.07) is 0. The summed E-state index contributed by atoms with van der Waals surface area (Å²) in [5, 5.41) is 0. The van der Waals surface area contributed by atoms with Crippen molar-refractivity contribution in [3.63, 3.8) is 0 Å².